The van der Waals surface area contributed by atoms with Crippen LogP contribution in [-0.2, 0) is 0 Å². The van der Waals surface area contributed by atoms with Crippen molar-refractivity contribution in [3.05, 3.63) is 69.7 Å². The lowest BCUT2D eigenvalue weighted by atomic mass is 10.2. The van der Waals surface area contributed by atoms with Crippen molar-refractivity contribution in [1.82, 2.24) is 9.80 Å². The maximum Gasteiger partial charge on any atom is 0.256 e. The lowest BCUT2D eigenvalue weighted by Gasteiger charge is -2.22. The Labute approximate surface area is 158 Å². The molecule has 26 heavy (non-hydrogen) atoms. The van der Waals surface area contributed by atoms with E-state index in [4.69, 9.17) is 0 Å². The van der Waals surface area contributed by atoms with Crippen LogP contribution >= 0.6 is 15.9 Å². The van der Waals surface area contributed by atoms with Crippen molar-refractivity contribution in [2.24, 2.45) is 0 Å². The average molecular weight is 423 g/mol. The number of halogens is 3. The molecule has 1 saturated heterocycles. The highest BCUT2D eigenvalue weighted by Gasteiger charge is 2.25. The molecule has 2 aromatic rings. The van der Waals surface area contributed by atoms with Gasteiger partial charge in [0.1, 0.15) is 11.6 Å². The van der Waals surface area contributed by atoms with Crippen LogP contribution < -0.4 is 0 Å². The van der Waals surface area contributed by atoms with Crippen molar-refractivity contribution in [3.63, 3.8) is 0 Å². The van der Waals surface area contributed by atoms with Gasteiger partial charge in [-0.2, -0.15) is 0 Å². The maximum atomic E-state index is 13.8. The van der Waals surface area contributed by atoms with Crippen LogP contribution in [-0.4, -0.2) is 47.8 Å². The molecule has 0 saturated carbocycles. The Hall–Kier alpha value is -2.28. The van der Waals surface area contributed by atoms with Crippen LogP contribution in [0.15, 0.2) is 46.9 Å². The molecule has 1 heterocycles. The first kappa shape index (κ1) is 18.5. The van der Waals surface area contributed by atoms with E-state index in [9.17, 15) is 18.4 Å². The van der Waals surface area contributed by atoms with Crippen LogP contribution in [0.2, 0.25) is 0 Å². The Morgan fingerprint density at radius 3 is 2.19 bits per heavy atom. The van der Waals surface area contributed by atoms with Gasteiger partial charge in [-0.15, -0.1) is 0 Å². The predicted octanol–water partition coefficient (Wildman–Crippen LogP) is 3.72. The predicted molar refractivity (Wildman–Crippen MR) is 96.9 cm³/mol. The Balaban J connectivity index is 1.71. The van der Waals surface area contributed by atoms with E-state index in [2.05, 4.69) is 15.9 Å². The van der Waals surface area contributed by atoms with E-state index in [-0.39, 0.29) is 22.9 Å². The molecule has 1 aliphatic rings. The molecule has 0 bridgehead atoms. The normalized spacial score (nSPS) is 14.9. The van der Waals surface area contributed by atoms with Crippen molar-refractivity contribution in [2.45, 2.75) is 6.42 Å². The van der Waals surface area contributed by atoms with Crippen molar-refractivity contribution in [2.75, 3.05) is 26.2 Å². The first-order valence-electron chi connectivity index (χ1n) is 8.25. The second-order valence-electron chi connectivity index (χ2n) is 6.08. The lowest BCUT2D eigenvalue weighted by Crippen LogP contribution is -2.37. The molecule has 1 fully saturated rings. The van der Waals surface area contributed by atoms with Gasteiger partial charge in [0, 0.05) is 36.2 Å². The topological polar surface area (TPSA) is 40.6 Å². The third-order valence-corrected chi connectivity index (χ3v) is 4.74. The van der Waals surface area contributed by atoms with Crippen LogP contribution in [0.1, 0.15) is 27.1 Å². The van der Waals surface area contributed by atoms with Crippen LogP contribution in [0, 0.1) is 11.6 Å². The Bertz CT molecular complexity index is 824. The van der Waals surface area contributed by atoms with Gasteiger partial charge in [-0.25, -0.2) is 8.78 Å². The summed E-state index contributed by atoms with van der Waals surface area (Å²) in [5.74, 6) is -1.72. The van der Waals surface area contributed by atoms with Crippen LogP contribution in [0.4, 0.5) is 8.78 Å². The first-order chi connectivity index (χ1) is 12.5. The minimum atomic E-state index is -0.556. The molecular formula is C19H17BrF2N2O2. The summed E-state index contributed by atoms with van der Waals surface area (Å²) in [6.07, 6.45) is 0.572. The Morgan fingerprint density at radius 1 is 0.885 bits per heavy atom. The van der Waals surface area contributed by atoms with E-state index < -0.39 is 11.6 Å². The molecule has 1 aliphatic heterocycles. The van der Waals surface area contributed by atoms with E-state index in [1.165, 1.54) is 30.3 Å². The molecule has 2 aromatic carbocycles. The Morgan fingerprint density at radius 2 is 1.54 bits per heavy atom. The van der Waals surface area contributed by atoms with Gasteiger partial charge in [0.15, 0.2) is 0 Å². The van der Waals surface area contributed by atoms with Crippen LogP contribution in [0.3, 0.4) is 0 Å². The van der Waals surface area contributed by atoms with Crippen molar-refractivity contribution in [1.29, 1.82) is 0 Å². The molecule has 0 spiro atoms. The zero-order valence-electron chi connectivity index (χ0n) is 13.9. The summed E-state index contributed by atoms with van der Waals surface area (Å²) in [5, 5.41) is 0. The van der Waals surface area contributed by atoms with Crippen molar-refractivity contribution in [3.8, 4) is 0 Å². The molecule has 136 valence electrons. The summed E-state index contributed by atoms with van der Waals surface area (Å²) < 4.78 is 27.9. The molecule has 7 heteroatoms. The second kappa shape index (κ2) is 7.95. The Kier molecular flexibility index (Phi) is 5.66. The second-order valence-corrected chi connectivity index (χ2v) is 6.99. The zero-order chi connectivity index (χ0) is 18.7. The van der Waals surface area contributed by atoms with E-state index in [0.717, 1.165) is 0 Å². The number of benzene rings is 2. The number of rotatable bonds is 2. The highest BCUT2D eigenvalue weighted by Crippen LogP contribution is 2.18. The fraction of sp³-hybridized carbons (Fsp3) is 0.263. The molecule has 0 aliphatic carbocycles. The van der Waals surface area contributed by atoms with Gasteiger partial charge in [0.05, 0.1) is 5.56 Å². The summed E-state index contributed by atoms with van der Waals surface area (Å²) in [5.41, 5.74) is 0.284. The summed E-state index contributed by atoms with van der Waals surface area (Å²) in [7, 11) is 0. The molecule has 2 amide bonds. The van der Waals surface area contributed by atoms with Crippen molar-refractivity contribution < 1.29 is 18.4 Å². The van der Waals surface area contributed by atoms with Crippen molar-refractivity contribution >= 4 is 27.7 Å². The monoisotopic (exact) mass is 422 g/mol. The molecule has 0 N–H and O–H groups in total. The number of hydrogen-bond donors (Lipinski definition) is 0. The van der Waals surface area contributed by atoms with Gasteiger partial charge in [0.2, 0.25) is 0 Å². The van der Waals surface area contributed by atoms with Gasteiger partial charge >= 0.3 is 0 Å². The van der Waals surface area contributed by atoms with E-state index in [1.54, 1.807) is 21.9 Å². The standard InChI is InChI=1S/C19H17BrF2N2O2/c20-14-10-13(11-15(21)12-14)18(25)23-6-3-7-24(9-8-23)19(26)16-4-1-2-5-17(16)22/h1-2,4-5,10-12H,3,6-9H2. The summed E-state index contributed by atoms with van der Waals surface area (Å²) in [6, 6.07) is 9.91. The number of amides is 2. The third kappa shape index (κ3) is 4.09. The number of carbonyl (C=O) groups is 2. The van der Waals surface area contributed by atoms with Gasteiger partial charge < -0.3 is 9.80 Å². The quantitative estimate of drug-likeness (QED) is 0.739. The highest BCUT2D eigenvalue weighted by atomic mass is 79.9. The van der Waals surface area contributed by atoms with E-state index in [1.807, 2.05) is 0 Å². The summed E-state index contributed by atoms with van der Waals surface area (Å²) >= 11 is 3.18. The molecule has 0 aromatic heterocycles. The first-order valence-corrected chi connectivity index (χ1v) is 9.04. The van der Waals surface area contributed by atoms with E-state index >= 15 is 0 Å². The number of nitrogens with zero attached hydrogens (tertiary/aromatic N) is 2. The van der Waals surface area contributed by atoms with Gasteiger partial charge in [-0.1, -0.05) is 28.1 Å². The fourth-order valence-corrected chi connectivity index (χ4v) is 3.45. The van der Waals surface area contributed by atoms with Gasteiger partial charge in [-0.3, -0.25) is 9.59 Å². The fourth-order valence-electron chi connectivity index (χ4n) is 2.99. The van der Waals surface area contributed by atoms with E-state index in [0.29, 0.717) is 37.1 Å². The van der Waals surface area contributed by atoms with Gasteiger partial charge in [0.25, 0.3) is 11.8 Å². The minimum absolute atomic E-state index is 0.0290. The SMILES string of the molecule is O=C(c1cc(F)cc(Br)c1)N1CCCN(C(=O)c2ccccc2F)CC1. The molecule has 3 rings (SSSR count). The molecule has 0 atom stereocenters. The summed E-state index contributed by atoms with van der Waals surface area (Å²) in [4.78, 5) is 28.3. The molecular weight excluding hydrogens is 406 g/mol. The average Bonchev–Trinajstić information content (AvgIpc) is 2.86. The zero-order valence-corrected chi connectivity index (χ0v) is 15.5. The van der Waals surface area contributed by atoms with Gasteiger partial charge in [-0.05, 0) is 36.8 Å². The molecule has 0 radical (unpaired) electrons. The van der Waals surface area contributed by atoms with Crippen LogP contribution in [0.25, 0.3) is 0 Å². The minimum Gasteiger partial charge on any atom is -0.337 e. The number of hydrogen-bond acceptors (Lipinski definition) is 2. The largest absolute Gasteiger partial charge is 0.337 e. The maximum absolute atomic E-state index is 13.8. The lowest BCUT2D eigenvalue weighted by molar-refractivity contribution is 0.0716. The molecule has 0 unspecified atom stereocenters. The molecule has 4 nitrogen and oxygen atoms in total. The highest BCUT2D eigenvalue weighted by molar-refractivity contribution is 9.10. The number of carbonyl (C=O) groups excluding carboxylic acids is 2. The third-order valence-electron chi connectivity index (χ3n) is 4.28. The summed E-state index contributed by atoms with van der Waals surface area (Å²) in [6.45, 7) is 1.50. The van der Waals surface area contributed by atoms with Crippen LogP contribution in [0.5, 0.6) is 0 Å². The smallest absolute Gasteiger partial charge is 0.256 e.